The minimum Gasteiger partial charge on any atom is -0.311 e. The summed E-state index contributed by atoms with van der Waals surface area (Å²) in [5, 5.41) is 9.36. The zero-order chi connectivity index (χ0) is 16.7. The van der Waals surface area contributed by atoms with E-state index >= 15 is 0 Å². The number of nitrogens with one attached hydrogen (secondary N) is 1. The summed E-state index contributed by atoms with van der Waals surface area (Å²) in [7, 11) is 0. The first-order valence-electron chi connectivity index (χ1n) is 8.05. The third-order valence-electron chi connectivity index (χ3n) is 4.28. The van der Waals surface area contributed by atoms with Crippen LogP contribution < -0.4 is 5.32 Å². The van der Waals surface area contributed by atoms with Crippen LogP contribution in [0.5, 0.6) is 0 Å². The van der Waals surface area contributed by atoms with Gasteiger partial charge < -0.3 is 5.32 Å². The Balaban J connectivity index is 1.71. The fraction of sp³-hybridized carbons (Fsp3) is 0.278. The highest BCUT2D eigenvalue weighted by atomic mass is 32.1. The van der Waals surface area contributed by atoms with E-state index in [0.29, 0.717) is 5.69 Å². The molecule has 5 nitrogen and oxygen atoms in total. The van der Waals surface area contributed by atoms with Crippen LogP contribution in [0.1, 0.15) is 38.9 Å². The average molecular weight is 338 g/mol. The van der Waals surface area contributed by atoms with E-state index in [4.69, 9.17) is 0 Å². The van der Waals surface area contributed by atoms with Crippen LogP contribution in [0.15, 0.2) is 30.3 Å². The molecule has 0 bridgehead atoms. The number of aryl methyl sites for hydroxylation is 2. The molecule has 0 saturated heterocycles. The molecule has 1 N–H and O–H groups in total. The Hall–Kier alpha value is -2.47. The standard InChI is InChI=1S/C18H18N4OS/c1-11-18(24-12(2)19-11)20-17(23)16-14-9-6-10-15(14)22(21-16)13-7-4-3-5-8-13/h3-5,7-8H,6,9-10H2,1-2H3,(H,20,23). The van der Waals surface area contributed by atoms with Crippen molar-refractivity contribution in [3.8, 4) is 5.69 Å². The van der Waals surface area contributed by atoms with Crippen LogP contribution in [-0.4, -0.2) is 20.7 Å². The Morgan fingerprint density at radius 3 is 2.71 bits per heavy atom. The van der Waals surface area contributed by atoms with Crippen molar-refractivity contribution in [3.63, 3.8) is 0 Å². The molecule has 0 spiro atoms. The largest absolute Gasteiger partial charge is 0.311 e. The molecule has 1 aliphatic carbocycles. The van der Waals surface area contributed by atoms with E-state index in [-0.39, 0.29) is 5.91 Å². The van der Waals surface area contributed by atoms with Crippen LogP contribution in [0, 0.1) is 13.8 Å². The van der Waals surface area contributed by atoms with Gasteiger partial charge in [-0.3, -0.25) is 4.79 Å². The van der Waals surface area contributed by atoms with Gasteiger partial charge in [-0.1, -0.05) is 18.2 Å². The van der Waals surface area contributed by atoms with Crippen LogP contribution in [0.2, 0.25) is 0 Å². The third-order valence-corrected chi connectivity index (χ3v) is 5.26. The molecular formula is C18H18N4OS. The summed E-state index contributed by atoms with van der Waals surface area (Å²) in [6.45, 7) is 3.85. The van der Waals surface area contributed by atoms with Gasteiger partial charge in [-0.15, -0.1) is 11.3 Å². The number of anilines is 1. The van der Waals surface area contributed by atoms with Crippen LogP contribution in [-0.2, 0) is 12.8 Å². The number of hydrogen-bond acceptors (Lipinski definition) is 4. The van der Waals surface area contributed by atoms with E-state index in [1.807, 2.05) is 48.9 Å². The maximum atomic E-state index is 12.8. The molecule has 4 rings (SSSR count). The average Bonchev–Trinajstić information content (AvgIpc) is 3.24. The van der Waals surface area contributed by atoms with E-state index in [1.54, 1.807) is 0 Å². The first-order chi connectivity index (χ1) is 11.6. The zero-order valence-electron chi connectivity index (χ0n) is 13.7. The number of carbonyl (C=O) groups excluding carboxylic acids is 1. The van der Waals surface area contributed by atoms with Gasteiger partial charge in [-0.2, -0.15) is 5.10 Å². The molecule has 24 heavy (non-hydrogen) atoms. The smallest absolute Gasteiger partial charge is 0.277 e. The highest BCUT2D eigenvalue weighted by molar-refractivity contribution is 7.16. The molecule has 1 aliphatic rings. The zero-order valence-corrected chi connectivity index (χ0v) is 14.5. The number of carbonyl (C=O) groups is 1. The molecule has 0 unspecified atom stereocenters. The second kappa shape index (κ2) is 5.87. The molecule has 122 valence electrons. The second-order valence-corrected chi connectivity index (χ2v) is 7.18. The molecular weight excluding hydrogens is 320 g/mol. The fourth-order valence-corrected chi connectivity index (χ4v) is 4.03. The number of hydrogen-bond donors (Lipinski definition) is 1. The molecule has 1 amide bonds. The summed E-state index contributed by atoms with van der Waals surface area (Å²) in [6, 6.07) is 9.99. The van der Waals surface area contributed by atoms with Crippen molar-refractivity contribution in [2.75, 3.05) is 5.32 Å². The summed E-state index contributed by atoms with van der Waals surface area (Å²) in [5.41, 5.74) is 4.63. The minimum atomic E-state index is -0.144. The van der Waals surface area contributed by atoms with Crippen molar-refractivity contribution in [2.45, 2.75) is 33.1 Å². The van der Waals surface area contributed by atoms with Gasteiger partial charge in [-0.25, -0.2) is 9.67 Å². The summed E-state index contributed by atoms with van der Waals surface area (Å²) in [6.07, 6.45) is 2.94. The quantitative estimate of drug-likeness (QED) is 0.792. The molecule has 2 aromatic heterocycles. The molecule has 0 fully saturated rings. The highest BCUT2D eigenvalue weighted by Gasteiger charge is 2.27. The van der Waals surface area contributed by atoms with Gasteiger partial charge in [0.15, 0.2) is 5.69 Å². The number of benzene rings is 1. The Labute approximate surface area is 144 Å². The Kier molecular flexibility index (Phi) is 3.69. The third kappa shape index (κ3) is 2.53. The maximum Gasteiger partial charge on any atom is 0.277 e. The first kappa shape index (κ1) is 15.1. The summed E-state index contributed by atoms with van der Waals surface area (Å²) < 4.78 is 1.92. The van der Waals surface area contributed by atoms with Crippen molar-refractivity contribution in [1.29, 1.82) is 0 Å². The van der Waals surface area contributed by atoms with Crippen molar-refractivity contribution in [2.24, 2.45) is 0 Å². The summed E-state index contributed by atoms with van der Waals surface area (Å²) in [4.78, 5) is 17.1. The lowest BCUT2D eigenvalue weighted by Crippen LogP contribution is -2.14. The molecule has 0 aliphatic heterocycles. The van der Waals surface area contributed by atoms with Crippen LogP contribution >= 0.6 is 11.3 Å². The number of aromatic nitrogens is 3. The molecule has 3 aromatic rings. The Bertz CT molecular complexity index is 911. The van der Waals surface area contributed by atoms with Gasteiger partial charge in [0, 0.05) is 11.3 Å². The Morgan fingerprint density at radius 1 is 1.21 bits per heavy atom. The molecule has 1 aromatic carbocycles. The minimum absolute atomic E-state index is 0.144. The topological polar surface area (TPSA) is 59.8 Å². The van der Waals surface area contributed by atoms with Crippen LogP contribution in [0.3, 0.4) is 0 Å². The van der Waals surface area contributed by atoms with E-state index in [0.717, 1.165) is 51.9 Å². The van der Waals surface area contributed by atoms with Crippen LogP contribution in [0.4, 0.5) is 5.00 Å². The van der Waals surface area contributed by atoms with Crippen molar-refractivity contribution >= 4 is 22.2 Å². The summed E-state index contributed by atoms with van der Waals surface area (Å²) >= 11 is 1.50. The predicted octanol–water partition coefficient (Wildman–Crippen LogP) is 3.69. The lowest BCUT2D eigenvalue weighted by molar-refractivity contribution is 0.102. The van der Waals surface area contributed by atoms with Crippen molar-refractivity contribution in [3.05, 3.63) is 58.0 Å². The fourth-order valence-electron chi connectivity index (χ4n) is 3.21. The van der Waals surface area contributed by atoms with Crippen molar-refractivity contribution in [1.82, 2.24) is 14.8 Å². The van der Waals surface area contributed by atoms with E-state index in [1.165, 1.54) is 11.3 Å². The van der Waals surface area contributed by atoms with E-state index in [9.17, 15) is 4.79 Å². The van der Waals surface area contributed by atoms with Gasteiger partial charge in [0.25, 0.3) is 5.91 Å². The molecule has 6 heteroatoms. The number of fused-ring (bicyclic) bond motifs is 1. The number of thiazole rings is 1. The van der Waals surface area contributed by atoms with E-state index < -0.39 is 0 Å². The lowest BCUT2D eigenvalue weighted by atomic mass is 10.2. The SMILES string of the molecule is Cc1nc(C)c(NC(=O)c2nn(-c3ccccc3)c3c2CCC3)s1. The Morgan fingerprint density at radius 2 is 2.00 bits per heavy atom. The normalized spacial score (nSPS) is 13.1. The second-order valence-electron chi connectivity index (χ2n) is 5.98. The molecule has 0 saturated carbocycles. The van der Waals surface area contributed by atoms with Gasteiger partial charge in [0.2, 0.25) is 0 Å². The molecule has 0 radical (unpaired) electrons. The molecule has 2 heterocycles. The highest BCUT2D eigenvalue weighted by Crippen LogP contribution is 2.29. The van der Waals surface area contributed by atoms with Crippen molar-refractivity contribution < 1.29 is 4.79 Å². The van der Waals surface area contributed by atoms with Gasteiger partial charge >= 0.3 is 0 Å². The predicted molar refractivity (Wildman–Crippen MR) is 95.1 cm³/mol. The maximum absolute atomic E-state index is 12.8. The number of nitrogens with zero attached hydrogens (tertiary/aromatic N) is 3. The van der Waals surface area contributed by atoms with Gasteiger partial charge in [0.1, 0.15) is 5.00 Å². The lowest BCUT2D eigenvalue weighted by Gasteiger charge is -2.04. The summed E-state index contributed by atoms with van der Waals surface area (Å²) in [5.74, 6) is -0.144. The first-order valence-corrected chi connectivity index (χ1v) is 8.86. The monoisotopic (exact) mass is 338 g/mol. The van der Waals surface area contributed by atoms with Crippen LogP contribution in [0.25, 0.3) is 5.69 Å². The molecule has 0 atom stereocenters. The van der Waals surface area contributed by atoms with Gasteiger partial charge in [-0.05, 0) is 45.2 Å². The number of para-hydroxylation sites is 1. The number of amides is 1. The van der Waals surface area contributed by atoms with Gasteiger partial charge in [0.05, 0.1) is 16.4 Å². The number of rotatable bonds is 3. The van der Waals surface area contributed by atoms with E-state index in [2.05, 4.69) is 15.4 Å².